The monoisotopic (exact) mass is 445 g/mol. The quantitative estimate of drug-likeness (QED) is 0.562. The van der Waals surface area contributed by atoms with Gasteiger partial charge in [-0.2, -0.15) is 0 Å². The summed E-state index contributed by atoms with van der Waals surface area (Å²) in [4.78, 5) is 10.00. The summed E-state index contributed by atoms with van der Waals surface area (Å²) < 4.78 is 25.9. The van der Waals surface area contributed by atoms with Crippen molar-refractivity contribution in [2.24, 2.45) is 0 Å². The Bertz CT molecular complexity index is 1100. The van der Waals surface area contributed by atoms with Gasteiger partial charge in [-0.25, -0.2) is 8.42 Å². The van der Waals surface area contributed by atoms with Crippen molar-refractivity contribution in [3.63, 3.8) is 0 Å². The fourth-order valence-corrected chi connectivity index (χ4v) is 5.52. The van der Waals surface area contributed by atoms with E-state index in [0.717, 1.165) is 49.2 Å². The molecule has 1 fully saturated rings. The molecule has 0 saturated carbocycles. The van der Waals surface area contributed by atoms with Gasteiger partial charge in [0.2, 0.25) is 9.84 Å². The number of benzene rings is 2. The Balaban J connectivity index is 0.00000256. The van der Waals surface area contributed by atoms with Crippen LogP contribution >= 0.6 is 12.4 Å². The van der Waals surface area contributed by atoms with E-state index in [-0.39, 0.29) is 17.3 Å². The number of fused-ring (bicyclic) bond motifs is 1. The molecule has 0 radical (unpaired) electrons. The number of aromatic nitrogens is 1. The lowest BCUT2D eigenvalue weighted by molar-refractivity contribution is 0.232. The molecule has 30 heavy (non-hydrogen) atoms. The molecule has 1 saturated heterocycles. The number of hydrogen-bond donors (Lipinski definition) is 0. The minimum Gasteiger partial charge on any atom is -0.368 e. The molecule has 0 amide bonds. The zero-order chi connectivity index (χ0) is 20.4. The van der Waals surface area contributed by atoms with Crippen molar-refractivity contribution in [1.29, 1.82) is 0 Å². The topological polar surface area (TPSA) is 53.5 Å². The second-order valence-corrected chi connectivity index (χ2v) is 9.40. The van der Waals surface area contributed by atoms with E-state index < -0.39 is 9.84 Å². The van der Waals surface area contributed by atoms with Crippen LogP contribution < -0.4 is 4.90 Å². The molecule has 5 nitrogen and oxygen atoms in total. The molecule has 0 spiro atoms. The normalized spacial score (nSPS) is 16.8. The molecule has 1 aliphatic rings. The van der Waals surface area contributed by atoms with E-state index in [1.807, 2.05) is 18.2 Å². The molecule has 1 atom stereocenters. The lowest BCUT2D eigenvalue weighted by Crippen LogP contribution is -2.37. The van der Waals surface area contributed by atoms with Crippen LogP contribution in [0.5, 0.6) is 0 Å². The Kier molecular flexibility index (Phi) is 7.01. The smallest absolute Gasteiger partial charge is 0.208 e. The summed E-state index contributed by atoms with van der Waals surface area (Å²) in [7, 11) is -3.57. The number of pyridine rings is 1. The average molecular weight is 446 g/mol. The van der Waals surface area contributed by atoms with Crippen molar-refractivity contribution in [2.45, 2.75) is 36.1 Å². The predicted molar refractivity (Wildman–Crippen MR) is 124 cm³/mol. The van der Waals surface area contributed by atoms with Crippen molar-refractivity contribution in [2.75, 3.05) is 31.1 Å². The number of sulfone groups is 1. The lowest BCUT2D eigenvalue weighted by Gasteiger charge is -2.27. The van der Waals surface area contributed by atoms with Crippen molar-refractivity contribution in [3.8, 4) is 0 Å². The van der Waals surface area contributed by atoms with E-state index in [9.17, 15) is 8.42 Å². The maximum atomic E-state index is 12.9. The molecular weight excluding hydrogens is 418 g/mol. The molecule has 0 aliphatic carbocycles. The summed E-state index contributed by atoms with van der Waals surface area (Å²) in [6.07, 6.45) is 2.63. The number of rotatable bonds is 6. The van der Waals surface area contributed by atoms with E-state index in [1.54, 1.807) is 30.3 Å². The SMILES string of the molecule is CCN(CC)C1CCN(c2cccc3cc(S(=O)(=O)c4ccccc4)cnc23)C1.Cl. The van der Waals surface area contributed by atoms with Crippen molar-refractivity contribution >= 4 is 38.8 Å². The fourth-order valence-electron chi connectivity index (χ4n) is 4.26. The highest BCUT2D eigenvalue weighted by atomic mass is 35.5. The van der Waals surface area contributed by atoms with Crippen LogP contribution in [-0.2, 0) is 9.84 Å². The Morgan fingerprint density at radius 3 is 2.47 bits per heavy atom. The molecule has 1 unspecified atom stereocenters. The zero-order valence-corrected chi connectivity index (χ0v) is 19.0. The maximum absolute atomic E-state index is 12.9. The van der Waals surface area contributed by atoms with Gasteiger partial charge in [-0.1, -0.05) is 44.2 Å². The molecule has 3 aromatic rings. The second-order valence-electron chi connectivity index (χ2n) is 7.45. The number of nitrogens with zero attached hydrogens (tertiary/aromatic N) is 3. The van der Waals surface area contributed by atoms with Gasteiger partial charge in [-0.05, 0) is 43.8 Å². The van der Waals surface area contributed by atoms with E-state index in [1.165, 1.54) is 6.20 Å². The van der Waals surface area contributed by atoms with E-state index in [0.29, 0.717) is 10.9 Å². The first-order valence-electron chi connectivity index (χ1n) is 10.2. The summed E-state index contributed by atoms with van der Waals surface area (Å²) in [5.41, 5.74) is 1.94. The van der Waals surface area contributed by atoms with Gasteiger partial charge in [0.15, 0.2) is 0 Å². The Labute approximate surface area is 185 Å². The van der Waals surface area contributed by atoms with E-state index in [2.05, 4.69) is 34.7 Å². The third kappa shape index (κ3) is 4.17. The zero-order valence-electron chi connectivity index (χ0n) is 17.4. The molecule has 2 aromatic carbocycles. The maximum Gasteiger partial charge on any atom is 0.208 e. The van der Waals surface area contributed by atoms with Gasteiger partial charge in [-0.3, -0.25) is 9.88 Å². The van der Waals surface area contributed by atoms with Crippen LogP contribution in [0.4, 0.5) is 5.69 Å². The molecule has 7 heteroatoms. The Morgan fingerprint density at radius 2 is 1.77 bits per heavy atom. The summed E-state index contributed by atoms with van der Waals surface area (Å²) in [5, 5.41) is 0.853. The molecule has 160 valence electrons. The summed E-state index contributed by atoms with van der Waals surface area (Å²) in [6, 6.07) is 16.8. The number of likely N-dealkylation sites (N-methyl/N-ethyl adjacent to an activating group) is 1. The highest BCUT2D eigenvalue weighted by Gasteiger charge is 2.27. The Hall–Kier alpha value is -2.15. The van der Waals surface area contributed by atoms with Crippen LogP contribution in [0.25, 0.3) is 10.9 Å². The third-order valence-electron chi connectivity index (χ3n) is 5.86. The van der Waals surface area contributed by atoms with Crippen molar-refractivity contribution in [1.82, 2.24) is 9.88 Å². The van der Waals surface area contributed by atoms with Crippen LogP contribution in [0, 0.1) is 0 Å². The molecule has 4 rings (SSSR count). The molecule has 2 heterocycles. The van der Waals surface area contributed by atoms with Crippen LogP contribution in [0.1, 0.15) is 20.3 Å². The molecule has 1 aromatic heterocycles. The van der Waals surface area contributed by atoms with Crippen molar-refractivity contribution in [3.05, 3.63) is 60.8 Å². The highest BCUT2D eigenvalue weighted by Crippen LogP contribution is 2.31. The van der Waals surface area contributed by atoms with Gasteiger partial charge in [0.25, 0.3) is 0 Å². The summed E-state index contributed by atoms with van der Waals surface area (Å²) >= 11 is 0. The molecule has 1 aliphatic heterocycles. The number of para-hydroxylation sites is 1. The third-order valence-corrected chi connectivity index (χ3v) is 7.60. The minimum atomic E-state index is -3.57. The average Bonchev–Trinajstić information content (AvgIpc) is 3.24. The van der Waals surface area contributed by atoms with Gasteiger partial charge in [0, 0.05) is 30.7 Å². The van der Waals surface area contributed by atoms with Gasteiger partial charge >= 0.3 is 0 Å². The summed E-state index contributed by atoms with van der Waals surface area (Å²) in [6.45, 7) is 8.51. The molecule has 0 bridgehead atoms. The fraction of sp³-hybridized carbons (Fsp3) is 0.348. The van der Waals surface area contributed by atoms with Gasteiger partial charge in [-0.15, -0.1) is 12.4 Å². The summed E-state index contributed by atoms with van der Waals surface area (Å²) in [5.74, 6) is 0. The predicted octanol–water partition coefficient (Wildman–Crippen LogP) is 4.41. The molecular formula is C23H28ClN3O2S. The van der Waals surface area contributed by atoms with E-state index >= 15 is 0 Å². The van der Waals surface area contributed by atoms with Gasteiger partial charge in [0.1, 0.15) is 0 Å². The molecule has 0 N–H and O–H groups in total. The first kappa shape index (κ1) is 22.5. The lowest BCUT2D eigenvalue weighted by atomic mass is 10.2. The Morgan fingerprint density at radius 1 is 1.03 bits per heavy atom. The minimum absolute atomic E-state index is 0. The van der Waals surface area contributed by atoms with E-state index in [4.69, 9.17) is 0 Å². The number of anilines is 1. The largest absolute Gasteiger partial charge is 0.368 e. The highest BCUT2D eigenvalue weighted by molar-refractivity contribution is 7.91. The van der Waals surface area contributed by atoms with Gasteiger partial charge < -0.3 is 4.90 Å². The number of halogens is 1. The van der Waals surface area contributed by atoms with Gasteiger partial charge in [0.05, 0.1) is 21.0 Å². The van der Waals surface area contributed by atoms with Crippen LogP contribution in [0.15, 0.2) is 70.6 Å². The van der Waals surface area contributed by atoms with Crippen LogP contribution in [-0.4, -0.2) is 50.5 Å². The first-order chi connectivity index (χ1) is 14.0. The second kappa shape index (κ2) is 9.33. The van der Waals surface area contributed by atoms with Crippen LogP contribution in [0.2, 0.25) is 0 Å². The first-order valence-corrected chi connectivity index (χ1v) is 11.7. The number of hydrogen-bond acceptors (Lipinski definition) is 5. The standard InChI is InChI=1S/C23H27N3O2S.ClH/c1-3-25(4-2)19-13-14-26(17-19)22-12-8-9-18-15-21(16-24-23(18)22)29(27,28)20-10-6-5-7-11-20;/h5-12,15-16,19H,3-4,13-14,17H2,1-2H3;1H. The van der Waals surface area contributed by atoms with Crippen LogP contribution in [0.3, 0.4) is 0 Å². The van der Waals surface area contributed by atoms with Crippen molar-refractivity contribution < 1.29 is 8.42 Å².